The number of amides is 2. The zero-order valence-corrected chi connectivity index (χ0v) is 4.68. The van der Waals surface area contributed by atoms with Gasteiger partial charge in [-0.15, -0.1) is 4.91 Å². The van der Waals surface area contributed by atoms with Crippen LogP contribution < -0.4 is 0 Å². The van der Waals surface area contributed by atoms with Crippen LogP contribution in [0.15, 0.2) is 17.5 Å². The van der Waals surface area contributed by atoms with Crippen LogP contribution in [0.1, 0.15) is 0 Å². The summed E-state index contributed by atoms with van der Waals surface area (Å²) in [6, 6.07) is 0. The minimum absolute atomic E-state index is 0.257. The first kappa shape index (κ1) is 6.40. The van der Waals surface area contributed by atoms with Crippen LogP contribution in [0.4, 0.5) is 0 Å². The van der Waals surface area contributed by atoms with Crippen molar-refractivity contribution in [3.8, 4) is 0 Å². The van der Waals surface area contributed by atoms with Gasteiger partial charge in [0.25, 0.3) is 11.8 Å². The fourth-order valence-corrected chi connectivity index (χ4v) is 0.500. The number of hydrogen-bond donors (Lipinski definition) is 0. The number of rotatable bonds is 2. The summed E-state index contributed by atoms with van der Waals surface area (Å²) in [6.45, 7) is 0. The molecular formula is C4H2N2O4. The van der Waals surface area contributed by atoms with E-state index in [9.17, 15) is 14.5 Å². The van der Waals surface area contributed by atoms with E-state index in [1.54, 1.807) is 0 Å². The normalized spacial score (nSPS) is 16.2. The maximum absolute atomic E-state index is 10.5. The Hall–Kier alpha value is -1.72. The third kappa shape index (κ3) is 0.859. The predicted octanol–water partition coefficient (Wildman–Crippen LogP) is -0.476. The summed E-state index contributed by atoms with van der Waals surface area (Å²) in [6.07, 6.45) is 1.96. The van der Waals surface area contributed by atoms with Crippen molar-refractivity contribution in [2.45, 2.75) is 0 Å². The molecule has 10 heavy (non-hydrogen) atoms. The van der Waals surface area contributed by atoms with E-state index in [2.05, 4.69) is 4.94 Å². The molecule has 0 aromatic rings. The molecule has 0 spiro atoms. The Morgan fingerprint density at radius 3 is 2.20 bits per heavy atom. The fraction of sp³-hybridized carbons (Fsp3) is 0. The molecule has 0 aliphatic carbocycles. The van der Waals surface area contributed by atoms with Gasteiger partial charge in [-0.1, -0.05) is 5.06 Å². The van der Waals surface area contributed by atoms with Gasteiger partial charge in [0.1, 0.15) is 0 Å². The second-order valence-corrected chi connectivity index (χ2v) is 1.46. The Labute approximate surface area is 54.9 Å². The monoisotopic (exact) mass is 142 g/mol. The first-order valence-corrected chi connectivity index (χ1v) is 2.31. The molecule has 0 N–H and O–H groups in total. The van der Waals surface area contributed by atoms with Gasteiger partial charge >= 0.3 is 0 Å². The van der Waals surface area contributed by atoms with E-state index < -0.39 is 11.8 Å². The largest absolute Gasteiger partial charge is 0.290 e. The Balaban J connectivity index is 2.69. The standard InChI is InChI=1S/C4H2N2O4/c7-3-1-2-4(8)6(3)10-5-9/h1-2H. The maximum Gasteiger partial charge on any atom is 0.290 e. The first-order valence-electron chi connectivity index (χ1n) is 2.31. The van der Waals surface area contributed by atoms with E-state index in [1.165, 1.54) is 0 Å². The molecule has 1 rings (SSSR count). The quantitative estimate of drug-likeness (QED) is 0.296. The average Bonchev–Trinajstić information content (AvgIpc) is 2.20. The molecule has 6 heteroatoms. The van der Waals surface area contributed by atoms with Gasteiger partial charge in [-0.25, -0.2) is 4.94 Å². The highest BCUT2D eigenvalue weighted by Gasteiger charge is 2.26. The second kappa shape index (κ2) is 2.26. The predicted molar refractivity (Wildman–Crippen MR) is 27.9 cm³/mol. The van der Waals surface area contributed by atoms with Crippen molar-refractivity contribution in [2.75, 3.05) is 0 Å². The summed E-state index contributed by atoms with van der Waals surface area (Å²) >= 11 is 0. The first-order chi connectivity index (χ1) is 4.75. The Morgan fingerprint density at radius 1 is 1.30 bits per heavy atom. The summed E-state index contributed by atoms with van der Waals surface area (Å²) in [5, 5.41) is 2.17. The van der Waals surface area contributed by atoms with Crippen molar-refractivity contribution in [2.24, 2.45) is 5.34 Å². The van der Waals surface area contributed by atoms with Crippen LogP contribution in [0.25, 0.3) is 0 Å². The molecule has 0 fully saturated rings. The van der Waals surface area contributed by atoms with Crippen LogP contribution in [0.3, 0.4) is 0 Å². The minimum atomic E-state index is -0.704. The van der Waals surface area contributed by atoms with E-state index in [4.69, 9.17) is 0 Å². The topological polar surface area (TPSA) is 76.0 Å². The second-order valence-electron chi connectivity index (χ2n) is 1.46. The van der Waals surface area contributed by atoms with Crippen molar-refractivity contribution < 1.29 is 14.5 Å². The van der Waals surface area contributed by atoms with Crippen molar-refractivity contribution in [1.29, 1.82) is 0 Å². The highest BCUT2D eigenvalue weighted by molar-refractivity contribution is 6.11. The van der Waals surface area contributed by atoms with Crippen molar-refractivity contribution in [3.05, 3.63) is 17.1 Å². The summed E-state index contributed by atoms with van der Waals surface area (Å²) in [4.78, 5) is 34.1. The van der Waals surface area contributed by atoms with Crippen molar-refractivity contribution >= 4 is 11.8 Å². The average molecular weight is 142 g/mol. The van der Waals surface area contributed by atoms with Crippen LogP contribution in [0.2, 0.25) is 0 Å². The minimum Gasteiger partial charge on any atom is -0.266 e. The van der Waals surface area contributed by atoms with E-state index in [-0.39, 0.29) is 5.06 Å². The molecule has 0 aromatic heterocycles. The lowest BCUT2D eigenvalue weighted by atomic mass is 10.6. The Morgan fingerprint density at radius 2 is 1.80 bits per heavy atom. The number of carbonyl (C=O) groups excluding carboxylic acids is 2. The van der Waals surface area contributed by atoms with Crippen LogP contribution in [-0.4, -0.2) is 16.9 Å². The molecule has 0 unspecified atom stereocenters. The van der Waals surface area contributed by atoms with Gasteiger partial charge in [-0.05, 0) is 0 Å². The van der Waals surface area contributed by atoms with Gasteiger partial charge in [0.2, 0.25) is 0 Å². The highest BCUT2D eigenvalue weighted by Crippen LogP contribution is 2.03. The number of nitrogens with zero attached hydrogens (tertiary/aromatic N) is 2. The molecule has 1 heterocycles. The lowest BCUT2D eigenvalue weighted by molar-refractivity contribution is -0.186. The molecule has 0 radical (unpaired) electrons. The van der Waals surface area contributed by atoms with Crippen molar-refractivity contribution in [3.63, 3.8) is 0 Å². The zero-order valence-electron chi connectivity index (χ0n) is 4.68. The van der Waals surface area contributed by atoms with Crippen LogP contribution in [0, 0.1) is 4.91 Å². The molecule has 0 aromatic carbocycles. The SMILES string of the molecule is O=NON1C(=O)C=CC1=O. The number of imide groups is 1. The summed E-state index contributed by atoms with van der Waals surface area (Å²) in [5.41, 5.74) is 0. The Bertz CT molecular complexity index is 203. The molecule has 0 atom stereocenters. The molecule has 0 bridgehead atoms. The molecule has 1 aliphatic heterocycles. The third-order valence-electron chi connectivity index (χ3n) is 0.884. The van der Waals surface area contributed by atoms with Gasteiger partial charge in [0.05, 0.1) is 0 Å². The Kier molecular flexibility index (Phi) is 1.44. The summed E-state index contributed by atoms with van der Waals surface area (Å²) in [7, 11) is 0. The maximum atomic E-state index is 10.5. The van der Waals surface area contributed by atoms with Gasteiger partial charge < -0.3 is 0 Å². The van der Waals surface area contributed by atoms with Gasteiger partial charge in [-0.2, -0.15) is 0 Å². The highest BCUT2D eigenvalue weighted by atomic mass is 16.9. The van der Waals surface area contributed by atoms with Crippen LogP contribution in [-0.2, 0) is 14.5 Å². The molecular weight excluding hydrogens is 140 g/mol. The lowest BCUT2D eigenvalue weighted by Gasteiger charge is -2.03. The van der Waals surface area contributed by atoms with Crippen LogP contribution >= 0.6 is 0 Å². The number of carbonyl (C=O) groups is 2. The van der Waals surface area contributed by atoms with Crippen LogP contribution in [0.5, 0.6) is 0 Å². The molecule has 6 nitrogen and oxygen atoms in total. The zero-order chi connectivity index (χ0) is 7.56. The third-order valence-corrected chi connectivity index (χ3v) is 0.884. The number of hydrogen-bond acceptors (Lipinski definition) is 5. The molecule has 2 amide bonds. The van der Waals surface area contributed by atoms with E-state index >= 15 is 0 Å². The fourth-order valence-electron chi connectivity index (χ4n) is 0.500. The molecule has 0 saturated heterocycles. The van der Waals surface area contributed by atoms with E-state index in [0.717, 1.165) is 12.2 Å². The smallest absolute Gasteiger partial charge is 0.266 e. The van der Waals surface area contributed by atoms with Gasteiger partial charge in [0.15, 0.2) is 5.34 Å². The van der Waals surface area contributed by atoms with E-state index in [1.807, 2.05) is 5.34 Å². The molecule has 0 saturated carbocycles. The summed E-state index contributed by atoms with van der Waals surface area (Å²) in [5.74, 6) is -1.41. The lowest BCUT2D eigenvalue weighted by Crippen LogP contribution is -2.27. The number of hydroxylamine groups is 2. The summed E-state index contributed by atoms with van der Waals surface area (Å²) < 4.78 is 0. The van der Waals surface area contributed by atoms with Crippen molar-refractivity contribution in [1.82, 2.24) is 5.06 Å². The van der Waals surface area contributed by atoms with Gasteiger partial charge in [0, 0.05) is 12.2 Å². The van der Waals surface area contributed by atoms with E-state index in [0.29, 0.717) is 0 Å². The van der Waals surface area contributed by atoms with Gasteiger partial charge in [-0.3, -0.25) is 9.59 Å². The molecule has 52 valence electrons. The molecule has 1 aliphatic rings.